The van der Waals surface area contributed by atoms with Gasteiger partial charge in [0, 0.05) is 18.4 Å². The third kappa shape index (κ3) is 4.04. The maximum Gasteiger partial charge on any atom is 0.309 e. The van der Waals surface area contributed by atoms with E-state index in [1.807, 2.05) is 25.1 Å². The fraction of sp³-hybridized carbons (Fsp3) is 0.450. The lowest BCUT2D eigenvalue weighted by Crippen LogP contribution is -2.36. The van der Waals surface area contributed by atoms with Gasteiger partial charge in [0.15, 0.2) is 0 Å². The number of ether oxygens (including phenoxy) is 2. The molecule has 0 saturated carbocycles. The smallest absolute Gasteiger partial charge is 0.309 e. The molecule has 5 nitrogen and oxygen atoms in total. The summed E-state index contributed by atoms with van der Waals surface area (Å²) in [5.74, 6) is 0.873. The third-order valence-electron chi connectivity index (χ3n) is 4.77. The Bertz CT molecular complexity index is 702. The van der Waals surface area contributed by atoms with Crippen molar-refractivity contribution in [3.63, 3.8) is 0 Å². The van der Waals surface area contributed by atoms with Gasteiger partial charge in [0.2, 0.25) is 0 Å². The first kappa shape index (κ1) is 17.5. The Labute approximate surface area is 149 Å². The van der Waals surface area contributed by atoms with Gasteiger partial charge in [-0.3, -0.25) is 9.69 Å². The van der Waals surface area contributed by atoms with E-state index in [1.54, 1.807) is 7.11 Å². The first-order valence-corrected chi connectivity index (χ1v) is 8.91. The Morgan fingerprint density at radius 1 is 1.16 bits per heavy atom. The van der Waals surface area contributed by atoms with Gasteiger partial charge in [-0.1, -0.05) is 12.1 Å². The van der Waals surface area contributed by atoms with Crippen LogP contribution in [0.4, 0.5) is 0 Å². The number of esters is 1. The van der Waals surface area contributed by atoms with Crippen LogP contribution in [0.15, 0.2) is 42.6 Å². The lowest BCUT2D eigenvalue weighted by atomic mass is 9.97. The minimum atomic E-state index is -0.0421. The number of hydrogen-bond acceptors (Lipinski definition) is 4. The predicted octanol–water partition coefficient (Wildman–Crippen LogP) is 3.26. The number of para-hydroxylation sites is 2. The predicted molar refractivity (Wildman–Crippen MR) is 97.0 cm³/mol. The monoisotopic (exact) mass is 342 g/mol. The molecule has 0 bridgehead atoms. The first-order chi connectivity index (χ1) is 12.2. The maximum atomic E-state index is 11.9. The second kappa shape index (κ2) is 8.21. The Kier molecular flexibility index (Phi) is 5.76. The zero-order chi connectivity index (χ0) is 17.6. The number of nitrogens with zero attached hydrogens (tertiary/aromatic N) is 2. The molecule has 3 rings (SSSR count). The van der Waals surface area contributed by atoms with Crippen LogP contribution < -0.4 is 4.74 Å². The second-order valence-corrected chi connectivity index (χ2v) is 6.34. The quantitative estimate of drug-likeness (QED) is 0.756. The molecule has 1 aliphatic heterocycles. The van der Waals surface area contributed by atoms with E-state index >= 15 is 0 Å². The number of piperidine rings is 1. The number of benzene rings is 1. The van der Waals surface area contributed by atoms with Crippen molar-refractivity contribution in [2.75, 3.05) is 26.8 Å². The normalized spacial score (nSPS) is 15.9. The van der Waals surface area contributed by atoms with Crippen molar-refractivity contribution in [2.24, 2.45) is 5.92 Å². The molecule has 2 heterocycles. The fourth-order valence-corrected chi connectivity index (χ4v) is 3.42. The molecule has 0 radical (unpaired) electrons. The Morgan fingerprint density at radius 2 is 1.92 bits per heavy atom. The van der Waals surface area contributed by atoms with Gasteiger partial charge in [0.25, 0.3) is 0 Å². The summed E-state index contributed by atoms with van der Waals surface area (Å²) in [5, 5.41) is 0. The summed E-state index contributed by atoms with van der Waals surface area (Å²) in [7, 11) is 1.70. The van der Waals surface area contributed by atoms with E-state index in [0.717, 1.165) is 43.9 Å². The van der Waals surface area contributed by atoms with E-state index in [9.17, 15) is 4.79 Å². The van der Waals surface area contributed by atoms with Crippen LogP contribution in [0.25, 0.3) is 5.69 Å². The van der Waals surface area contributed by atoms with Gasteiger partial charge in [-0.25, -0.2) is 0 Å². The Morgan fingerprint density at radius 3 is 2.64 bits per heavy atom. The second-order valence-electron chi connectivity index (χ2n) is 6.34. The van der Waals surface area contributed by atoms with Crippen LogP contribution in [0.2, 0.25) is 0 Å². The largest absolute Gasteiger partial charge is 0.495 e. The average Bonchev–Trinajstić information content (AvgIpc) is 3.10. The minimum absolute atomic E-state index is 0.0421. The standard InChI is InChI=1S/C20H26N2O3/c1-3-25-20(23)16-10-13-21(14-11-16)15-17-7-6-12-22(17)18-8-4-5-9-19(18)24-2/h4-9,12,16H,3,10-11,13-15H2,1-2H3. The molecule has 5 heteroatoms. The molecule has 2 aromatic rings. The molecule has 1 aromatic carbocycles. The zero-order valence-corrected chi connectivity index (χ0v) is 15.0. The van der Waals surface area contributed by atoms with E-state index in [0.29, 0.717) is 6.61 Å². The van der Waals surface area contributed by atoms with Crippen LogP contribution in [-0.2, 0) is 16.1 Å². The number of carbonyl (C=O) groups excluding carboxylic acids is 1. The van der Waals surface area contributed by atoms with Crippen molar-refractivity contribution in [1.29, 1.82) is 0 Å². The molecule has 1 saturated heterocycles. The van der Waals surface area contributed by atoms with Crippen LogP contribution in [0.3, 0.4) is 0 Å². The van der Waals surface area contributed by atoms with Crippen LogP contribution in [-0.4, -0.2) is 42.2 Å². The molecule has 0 unspecified atom stereocenters. The highest BCUT2D eigenvalue weighted by molar-refractivity contribution is 5.72. The summed E-state index contributed by atoms with van der Waals surface area (Å²) in [6.07, 6.45) is 3.81. The van der Waals surface area contributed by atoms with Gasteiger partial charge >= 0.3 is 5.97 Å². The Hall–Kier alpha value is -2.27. The highest BCUT2D eigenvalue weighted by atomic mass is 16.5. The zero-order valence-electron chi connectivity index (χ0n) is 15.0. The maximum absolute atomic E-state index is 11.9. The van der Waals surface area contributed by atoms with Crippen molar-refractivity contribution in [1.82, 2.24) is 9.47 Å². The van der Waals surface area contributed by atoms with E-state index in [2.05, 4.69) is 33.9 Å². The highest BCUT2D eigenvalue weighted by Gasteiger charge is 2.26. The number of hydrogen-bond donors (Lipinski definition) is 0. The summed E-state index contributed by atoms with van der Waals surface area (Å²) < 4.78 is 12.8. The van der Waals surface area contributed by atoms with Crippen LogP contribution in [0.5, 0.6) is 5.75 Å². The summed E-state index contributed by atoms with van der Waals surface area (Å²) in [6.45, 7) is 5.02. The molecular weight excluding hydrogens is 316 g/mol. The van der Waals surface area contributed by atoms with E-state index in [1.165, 1.54) is 5.69 Å². The molecule has 0 spiro atoms. The molecule has 0 amide bonds. The molecule has 0 aliphatic carbocycles. The number of likely N-dealkylation sites (tertiary alicyclic amines) is 1. The molecule has 134 valence electrons. The molecule has 0 atom stereocenters. The van der Waals surface area contributed by atoms with Crippen molar-refractivity contribution in [3.05, 3.63) is 48.3 Å². The van der Waals surface area contributed by atoms with Gasteiger partial charge < -0.3 is 14.0 Å². The first-order valence-electron chi connectivity index (χ1n) is 8.91. The molecule has 25 heavy (non-hydrogen) atoms. The summed E-state index contributed by atoms with van der Waals surface area (Å²) >= 11 is 0. The number of methoxy groups -OCH3 is 1. The SMILES string of the molecule is CCOC(=O)C1CCN(Cc2cccn2-c2ccccc2OC)CC1. The summed E-state index contributed by atoms with van der Waals surface area (Å²) in [6, 6.07) is 12.2. The van der Waals surface area contributed by atoms with Crippen molar-refractivity contribution in [2.45, 2.75) is 26.3 Å². The van der Waals surface area contributed by atoms with Crippen LogP contribution >= 0.6 is 0 Å². The number of aromatic nitrogens is 1. The van der Waals surface area contributed by atoms with Gasteiger partial charge in [-0.05, 0) is 57.1 Å². The summed E-state index contributed by atoms with van der Waals surface area (Å²) in [5.41, 5.74) is 2.27. The average molecular weight is 342 g/mol. The summed E-state index contributed by atoms with van der Waals surface area (Å²) in [4.78, 5) is 14.3. The van der Waals surface area contributed by atoms with Gasteiger partial charge in [0.1, 0.15) is 5.75 Å². The topological polar surface area (TPSA) is 43.7 Å². The van der Waals surface area contributed by atoms with Gasteiger partial charge in [-0.15, -0.1) is 0 Å². The van der Waals surface area contributed by atoms with Crippen molar-refractivity contribution >= 4 is 5.97 Å². The third-order valence-corrected chi connectivity index (χ3v) is 4.77. The van der Waals surface area contributed by atoms with Gasteiger partial charge in [0.05, 0.1) is 25.3 Å². The molecule has 1 fully saturated rings. The Balaban J connectivity index is 1.66. The van der Waals surface area contributed by atoms with Crippen LogP contribution in [0.1, 0.15) is 25.5 Å². The van der Waals surface area contributed by atoms with Crippen molar-refractivity contribution in [3.8, 4) is 11.4 Å². The van der Waals surface area contributed by atoms with E-state index in [-0.39, 0.29) is 11.9 Å². The fourth-order valence-electron chi connectivity index (χ4n) is 3.42. The van der Waals surface area contributed by atoms with E-state index < -0.39 is 0 Å². The number of carbonyl (C=O) groups is 1. The highest BCUT2D eigenvalue weighted by Crippen LogP contribution is 2.26. The molecule has 1 aliphatic rings. The minimum Gasteiger partial charge on any atom is -0.495 e. The molecule has 0 N–H and O–H groups in total. The molecule has 1 aromatic heterocycles. The van der Waals surface area contributed by atoms with Crippen molar-refractivity contribution < 1.29 is 14.3 Å². The van der Waals surface area contributed by atoms with Gasteiger partial charge in [-0.2, -0.15) is 0 Å². The van der Waals surface area contributed by atoms with E-state index in [4.69, 9.17) is 9.47 Å². The molecular formula is C20H26N2O3. The van der Waals surface area contributed by atoms with Crippen LogP contribution in [0, 0.1) is 5.92 Å². The number of rotatable bonds is 6. The lowest BCUT2D eigenvalue weighted by molar-refractivity contribution is -0.149. The lowest BCUT2D eigenvalue weighted by Gasteiger charge is -2.31.